The lowest BCUT2D eigenvalue weighted by Crippen LogP contribution is -2.61. The van der Waals surface area contributed by atoms with E-state index in [0.29, 0.717) is 5.41 Å². The van der Waals surface area contributed by atoms with Crippen LogP contribution in [0, 0.1) is 5.41 Å². The third kappa shape index (κ3) is 3.91. The number of guanidine groups is 1. The van der Waals surface area contributed by atoms with Crippen LogP contribution in [-0.4, -0.2) is 66.5 Å². The van der Waals surface area contributed by atoms with E-state index in [1.54, 1.807) is 0 Å². The van der Waals surface area contributed by atoms with Crippen LogP contribution in [0.25, 0.3) is 0 Å². The molecule has 0 aromatic rings. The third-order valence-electron chi connectivity index (χ3n) is 5.02. The van der Waals surface area contributed by atoms with Crippen molar-refractivity contribution in [2.75, 3.05) is 39.3 Å². The molecule has 126 valence electrons. The Labute approximate surface area is 134 Å². The van der Waals surface area contributed by atoms with E-state index in [0.717, 1.165) is 45.2 Å². The first-order valence-electron chi connectivity index (χ1n) is 8.37. The SMILES string of the molecule is CCNC(=NCC1(C)CC1)N1CCN(C(C)(C)C(N)=O)CC1. The molecule has 22 heavy (non-hydrogen) atoms. The van der Waals surface area contributed by atoms with Crippen molar-refractivity contribution in [1.29, 1.82) is 0 Å². The zero-order valence-electron chi connectivity index (χ0n) is 14.5. The van der Waals surface area contributed by atoms with E-state index in [2.05, 4.69) is 29.0 Å². The van der Waals surface area contributed by atoms with Gasteiger partial charge in [-0.1, -0.05) is 6.92 Å². The lowest BCUT2D eigenvalue weighted by Gasteiger charge is -2.43. The zero-order chi connectivity index (χ0) is 16.4. The molecule has 6 heteroatoms. The first-order chi connectivity index (χ1) is 10.3. The number of aliphatic imine (C=N–C) groups is 1. The number of nitrogens with zero attached hydrogens (tertiary/aromatic N) is 3. The molecule has 0 spiro atoms. The van der Waals surface area contributed by atoms with Gasteiger partial charge in [0.15, 0.2) is 5.96 Å². The number of primary amides is 1. The van der Waals surface area contributed by atoms with Gasteiger partial charge in [0.1, 0.15) is 0 Å². The van der Waals surface area contributed by atoms with Crippen molar-refractivity contribution in [3.05, 3.63) is 0 Å². The molecule has 1 aliphatic carbocycles. The molecule has 3 N–H and O–H groups in total. The number of amides is 1. The minimum atomic E-state index is -0.580. The Morgan fingerprint density at radius 3 is 2.32 bits per heavy atom. The monoisotopic (exact) mass is 309 g/mol. The third-order valence-corrected chi connectivity index (χ3v) is 5.02. The van der Waals surface area contributed by atoms with Crippen molar-refractivity contribution >= 4 is 11.9 Å². The minimum Gasteiger partial charge on any atom is -0.368 e. The lowest BCUT2D eigenvalue weighted by atomic mass is 10.0. The molecule has 0 aromatic carbocycles. The Balaban J connectivity index is 1.94. The molecule has 2 aliphatic rings. The Bertz CT molecular complexity index is 434. The topological polar surface area (TPSA) is 74.0 Å². The van der Waals surface area contributed by atoms with Crippen LogP contribution in [0.5, 0.6) is 0 Å². The highest BCUT2D eigenvalue weighted by molar-refractivity contribution is 5.84. The van der Waals surface area contributed by atoms with Crippen LogP contribution in [-0.2, 0) is 4.79 Å². The van der Waals surface area contributed by atoms with Gasteiger partial charge in [0.25, 0.3) is 0 Å². The van der Waals surface area contributed by atoms with Crippen LogP contribution < -0.4 is 11.1 Å². The van der Waals surface area contributed by atoms with Crippen molar-refractivity contribution in [1.82, 2.24) is 15.1 Å². The summed E-state index contributed by atoms with van der Waals surface area (Å²) in [5, 5.41) is 3.39. The van der Waals surface area contributed by atoms with Gasteiger partial charge in [-0.15, -0.1) is 0 Å². The summed E-state index contributed by atoms with van der Waals surface area (Å²) in [5.41, 5.74) is 5.36. The second kappa shape index (κ2) is 6.44. The first-order valence-corrected chi connectivity index (χ1v) is 8.37. The van der Waals surface area contributed by atoms with Gasteiger partial charge in [-0.25, -0.2) is 0 Å². The van der Waals surface area contributed by atoms with Crippen molar-refractivity contribution in [2.24, 2.45) is 16.1 Å². The molecular formula is C16H31N5O. The highest BCUT2D eigenvalue weighted by Crippen LogP contribution is 2.45. The lowest BCUT2D eigenvalue weighted by molar-refractivity contribution is -0.129. The summed E-state index contributed by atoms with van der Waals surface area (Å²) in [4.78, 5) is 20.9. The fourth-order valence-corrected chi connectivity index (χ4v) is 2.70. The summed E-state index contributed by atoms with van der Waals surface area (Å²) in [6, 6.07) is 0. The van der Waals surface area contributed by atoms with Crippen LogP contribution in [0.15, 0.2) is 4.99 Å². The largest absolute Gasteiger partial charge is 0.368 e. The normalized spacial score (nSPS) is 22.5. The molecule has 0 unspecified atom stereocenters. The molecule has 2 fully saturated rings. The van der Waals surface area contributed by atoms with Gasteiger partial charge in [0, 0.05) is 39.3 Å². The van der Waals surface area contributed by atoms with E-state index in [9.17, 15) is 4.79 Å². The Morgan fingerprint density at radius 2 is 1.86 bits per heavy atom. The molecule has 6 nitrogen and oxygen atoms in total. The fraction of sp³-hybridized carbons (Fsp3) is 0.875. The van der Waals surface area contributed by atoms with Crippen LogP contribution in [0.1, 0.15) is 40.5 Å². The number of hydrogen-bond donors (Lipinski definition) is 2. The Morgan fingerprint density at radius 1 is 1.27 bits per heavy atom. The number of hydrogen-bond acceptors (Lipinski definition) is 3. The summed E-state index contributed by atoms with van der Waals surface area (Å²) in [6.45, 7) is 13.4. The van der Waals surface area contributed by atoms with E-state index in [1.165, 1.54) is 12.8 Å². The van der Waals surface area contributed by atoms with Crippen molar-refractivity contribution in [2.45, 2.75) is 46.1 Å². The van der Waals surface area contributed by atoms with E-state index in [4.69, 9.17) is 10.7 Å². The smallest absolute Gasteiger partial charge is 0.237 e. The molecule has 0 atom stereocenters. The maximum Gasteiger partial charge on any atom is 0.237 e. The van der Waals surface area contributed by atoms with E-state index >= 15 is 0 Å². The molecule has 1 saturated carbocycles. The average Bonchev–Trinajstić information content (AvgIpc) is 3.21. The van der Waals surface area contributed by atoms with Gasteiger partial charge in [-0.2, -0.15) is 0 Å². The second-order valence-corrected chi connectivity index (χ2v) is 7.38. The average molecular weight is 309 g/mol. The molecule has 0 radical (unpaired) electrons. The Kier molecular flexibility index (Phi) is 5.00. The van der Waals surface area contributed by atoms with Gasteiger partial charge < -0.3 is 16.0 Å². The van der Waals surface area contributed by atoms with Gasteiger partial charge in [-0.05, 0) is 39.0 Å². The van der Waals surface area contributed by atoms with E-state index in [1.807, 2.05) is 13.8 Å². The first kappa shape index (κ1) is 17.1. The van der Waals surface area contributed by atoms with Gasteiger partial charge in [0.05, 0.1) is 5.54 Å². The standard InChI is InChI=1S/C16H31N5O/c1-5-18-14(19-12-16(4)6-7-16)20-8-10-21(11-9-20)15(2,3)13(17)22/h5-12H2,1-4H3,(H2,17,22)(H,18,19). The number of nitrogens with two attached hydrogens (primary N) is 1. The molecular weight excluding hydrogens is 278 g/mol. The van der Waals surface area contributed by atoms with Crippen molar-refractivity contribution in [3.8, 4) is 0 Å². The van der Waals surface area contributed by atoms with Crippen molar-refractivity contribution < 1.29 is 4.79 Å². The van der Waals surface area contributed by atoms with Crippen LogP contribution >= 0.6 is 0 Å². The zero-order valence-corrected chi connectivity index (χ0v) is 14.5. The number of carbonyl (C=O) groups is 1. The predicted molar refractivity (Wildman–Crippen MR) is 89.7 cm³/mol. The molecule has 0 aromatic heterocycles. The van der Waals surface area contributed by atoms with Crippen LogP contribution in [0.3, 0.4) is 0 Å². The number of carbonyl (C=O) groups excluding carboxylic acids is 1. The maximum absolute atomic E-state index is 11.6. The summed E-state index contributed by atoms with van der Waals surface area (Å²) in [5.74, 6) is 0.746. The summed E-state index contributed by atoms with van der Waals surface area (Å²) >= 11 is 0. The maximum atomic E-state index is 11.6. The molecule has 1 heterocycles. The number of piperazine rings is 1. The van der Waals surface area contributed by atoms with Gasteiger partial charge in [0.2, 0.25) is 5.91 Å². The summed E-state index contributed by atoms with van der Waals surface area (Å²) in [7, 11) is 0. The van der Waals surface area contributed by atoms with E-state index in [-0.39, 0.29) is 5.91 Å². The molecule has 0 bridgehead atoms. The summed E-state index contributed by atoms with van der Waals surface area (Å²) in [6.07, 6.45) is 2.58. The van der Waals surface area contributed by atoms with Crippen LogP contribution in [0.4, 0.5) is 0 Å². The predicted octanol–water partition coefficient (Wildman–Crippen LogP) is 0.634. The summed E-state index contributed by atoms with van der Waals surface area (Å²) < 4.78 is 0. The molecule has 1 saturated heterocycles. The highest BCUT2D eigenvalue weighted by atomic mass is 16.1. The second-order valence-electron chi connectivity index (χ2n) is 7.38. The Hall–Kier alpha value is -1.30. The van der Waals surface area contributed by atoms with E-state index < -0.39 is 5.54 Å². The number of nitrogens with one attached hydrogen (secondary N) is 1. The number of rotatable bonds is 5. The molecule has 2 rings (SSSR count). The molecule has 1 aliphatic heterocycles. The fourth-order valence-electron chi connectivity index (χ4n) is 2.70. The van der Waals surface area contributed by atoms with Gasteiger partial charge >= 0.3 is 0 Å². The molecule has 1 amide bonds. The van der Waals surface area contributed by atoms with Crippen molar-refractivity contribution in [3.63, 3.8) is 0 Å². The van der Waals surface area contributed by atoms with Gasteiger partial charge in [-0.3, -0.25) is 14.7 Å². The van der Waals surface area contributed by atoms with Crippen LogP contribution in [0.2, 0.25) is 0 Å². The highest BCUT2D eigenvalue weighted by Gasteiger charge is 2.38. The quantitative estimate of drug-likeness (QED) is 0.577. The minimum absolute atomic E-state index is 0.261.